The van der Waals surface area contributed by atoms with Crippen molar-refractivity contribution in [1.29, 1.82) is 0 Å². The molecule has 0 unspecified atom stereocenters. The fourth-order valence-corrected chi connectivity index (χ4v) is 3.82. The highest BCUT2D eigenvalue weighted by molar-refractivity contribution is 7.89. The van der Waals surface area contributed by atoms with E-state index in [1.54, 1.807) is 6.20 Å². The number of aliphatic hydroxyl groups excluding tert-OH is 1. The van der Waals surface area contributed by atoms with Gasteiger partial charge in [0, 0.05) is 32.4 Å². The van der Waals surface area contributed by atoms with E-state index in [1.807, 2.05) is 6.07 Å². The summed E-state index contributed by atoms with van der Waals surface area (Å²) in [5.41, 5.74) is 1.23. The molecule has 1 N–H and O–H groups in total. The third-order valence-corrected chi connectivity index (χ3v) is 5.73. The number of hydrogen-bond acceptors (Lipinski definition) is 6. The number of pyridine rings is 1. The second kappa shape index (κ2) is 8.58. The van der Waals surface area contributed by atoms with E-state index < -0.39 is 10.0 Å². The molecule has 0 radical (unpaired) electrons. The Morgan fingerprint density at radius 3 is 2.65 bits per heavy atom. The van der Waals surface area contributed by atoms with Crippen LogP contribution in [0.5, 0.6) is 0 Å². The summed E-state index contributed by atoms with van der Waals surface area (Å²) in [5.74, 6) is 0.865. The van der Waals surface area contributed by atoms with Gasteiger partial charge in [-0.25, -0.2) is 13.4 Å². The second-order valence-corrected chi connectivity index (χ2v) is 7.50. The van der Waals surface area contributed by atoms with Crippen LogP contribution in [-0.2, 0) is 21.2 Å². The van der Waals surface area contributed by atoms with E-state index in [2.05, 4.69) is 22.9 Å². The molecular weight excluding hydrogens is 318 g/mol. The van der Waals surface area contributed by atoms with Crippen LogP contribution in [0, 0.1) is 0 Å². The minimum Gasteiger partial charge on any atom is -0.394 e. The molecule has 0 aromatic carbocycles. The molecule has 0 bridgehead atoms. The van der Waals surface area contributed by atoms with Crippen LogP contribution in [0.3, 0.4) is 0 Å². The van der Waals surface area contributed by atoms with Gasteiger partial charge in [0.1, 0.15) is 5.82 Å². The largest absolute Gasteiger partial charge is 0.394 e. The van der Waals surface area contributed by atoms with Gasteiger partial charge in [0.2, 0.25) is 10.0 Å². The van der Waals surface area contributed by atoms with Crippen LogP contribution in [0.25, 0.3) is 0 Å². The number of nitrogens with zero attached hydrogens (tertiary/aromatic N) is 3. The van der Waals surface area contributed by atoms with Crippen LogP contribution in [0.1, 0.15) is 12.5 Å². The fourth-order valence-electron chi connectivity index (χ4n) is 2.51. The fraction of sp³-hybridized carbons (Fsp3) is 0.667. The number of piperazine rings is 1. The number of ether oxygens (including phenoxy) is 1. The highest BCUT2D eigenvalue weighted by atomic mass is 32.2. The average Bonchev–Trinajstić information content (AvgIpc) is 2.59. The minimum atomic E-state index is -3.30. The zero-order valence-electron chi connectivity index (χ0n) is 13.5. The molecule has 0 atom stereocenters. The molecule has 8 heteroatoms. The monoisotopic (exact) mass is 343 g/mol. The number of aryl methyl sites for hydroxylation is 1. The van der Waals surface area contributed by atoms with Crippen LogP contribution >= 0.6 is 0 Å². The molecule has 23 heavy (non-hydrogen) atoms. The van der Waals surface area contributed by atoms with Crippen molar-refractivity contribution in [1.82, 2.24) is 9.29 Å². The van der Waals surface area contributed by atoms with Gasteiger partial charge >= 0.3 is 0 Å². The zero-order chi connectivity index (χ0) is 16.7. The predicted molar refractivity (Wildman–Crippen MR) is 89.1 cm³/mol. The molecule has 1 aromatic rings. The Morgan fingerprint density at radius 2 is 2.00 bits per heavy atom. The molecule has 1 aromatic heterocycles. The van der Waals surface area contributed by atoms with Gasteiger partial charge in [0.25, 0.3) is 0 Å². The van der Waals surface area contributed by atoms with E-state index in [4.69, 9.17) is 9.84 Å². The summed E-state index contributed by atoms with van der Waals surface area (Å²) in [6.45, 7) is 4.48. The molecular formula is C15H25N3O4S. The summed E-state index contributed by atoms with van der Waals surface area (Å²) in [4.78, 5) is 6.50. The minimum absolute atomic E-state index is 0.0451. The van der Waals surface area contributed by atoms with Gasteiger partial charge in [-0.15, -0.1) is 0 Å². The van der Waals surface area contributed by atoms with Crippen molar-refractivity contribution in [3.8, 4) is 0 Å². The number of rotatable bonds is 8. The Bertz CT molecular complexity index is 586. The van der Waals surface area contributed by atoms with Crippen molar-refractivity contribution in [3.63, 3.8) is 0 Å². The second-order valence-electron chi connectivity index (χ2n) is 5.41. The first-order chi connectivity index (χ1) is 11.1. The van der Waals surface area contributed by atoms with Gasteiger partial charge in [0.15, 0.2) is 0 Å². The maximum Gasteiger partial charge on any atom is 0.216 e. The number of aliphatic hydroxyl groups is 1. The Morgan fingerprint density at radius 1 is 1.26 bits per heavy atom. The summed E-state index contributed by atoms with van der Waals surface area (Å²) >= 11 is 0. The molecule has 0 amide bonds. The zero-order valence-corrected chi connectivity index (χ0v) is 14.3. The molecule has 130 valence electrons. The standard InChI is InChI=1S/C15H25N3O4S/c1-2-14-3-4-16-15(13-14)17-5-7-18(8-6-17)23(20,21)12-11-22-10-9-19/h3-4,13,19H,2,5-12H2,1H3. The topological polar surface area (TPSA) is 83.0 Å². The Hall–Kier alpha value is -1.22. The molecule has 1 fully saturated rings. The lowest BCUT2D eigenvalue weighted by atomic mass is 10.2. The van der Waals surface area contributed by atoms with E-state index in [0.717, 1.165) is 12.2 Å². The molecule has 2 heterocycles. The van der Waals surface area contributed by atoms with Gasteiger partial charge < -0.3 is 14.7 Å². The molecule has 7 nitrogen and oxygen atoms in total. The summed E-state index contributed by atoms with van der Waals surface area (Å²) in [5, 5.41) is 8.62. The van der Waals surface area contributed by atoms with Crippen molar-refractivity contribution >= 4 is 15.8 Å². The smallest absolute Gasteiger partial charge is 0.216 e. The van der Waals surface area contributed by atoms with Gasteiger partial charge in [-0.2, -0.15) is 4.31 Å². The predicted octanol–water partition coefficient (Wildman–Crippen LogP) is 0.105. The lowest BCUT2D eigenvalue weighted by Gasteiger charge is -2.34. The Labute approximate surface area is 137 Å². The highest BCUT2D eigenvalue weighted by Crippen LogP contribution is 2.17. The van der Waals surface area contributed by atoms with E-state index in [-0.39, 0.29) is 25.6 Å². The molecule has 0 aliphatic carbocycles. The molecule has 2 rings (SSSR count). The van der Waals surface area contributed by atoms with Crippen molar-refractivity contribution in [3.05, 3.63) is 23.9 Å². The molecule has 1 aliphatic rings. The van der Waals surface area contributed by atoms with Crippen LogP contribution in [0.4, 0.5) is 5.82 Å². The number of hydrogen-bond donors (Lipinski definition) is 1. The van der Waals surface area contributed by atoms with Crippen molar-refractivity contribution in [2.75, 3.05) is 56.7 Å². The van der Waals surface area contributed by atoms with Crippen LogP contribution in [0.15, 0.2) is 18.3 Å². The average molecular weight is 343 g/mol. The van der Waals surface area contributed by atoms with E-state index in [1.165, 1.54) is 9.87 Å². The lowest BCUT2D eigenvalue weighted by molar-refractivity contribution is 0.102. The summed E-state index contributed by atoms with van der Waals surface area (Å²) in [6, 6.07) is 4.06. The van der Waals surface area contributed by atoms with Crippen molar-refractivity contribution < 1.29 is 18.3 Å². The SMILES string of the molecule is CCc1ccnc(N2CCN(S(=O)(=O)CCOCCO)CC2)c1. The molecule has 0 spiro atoms. The van der Waals surface area contributed by atoms with E-state index in [9.17, 15) is 8.42 Å². The molecule has 1 aliphatic heterocycles. The van der Waals surface area contributed by atoms with Crippen molar-refractivity contribution in [2.45, 2.75) is 13.3 Å². The van der Waals surface area contributed by atoms with Crippen LogP contribution in [-0.4, -0.2) is 74.6 Å². The van der Waals surface area contributed by atoms with Gasteiger partial charge in [-0.3, -0.25) is 0 Å². The molecule has 1 saturated heterocycles. The third kappa shape index (κ3) is 5.13. The first-order valence-electron chi connectivity index (χ1n) is 7.93. The third-order valence-electron chi connectivity index (χ3n) is 3.90. The van der Waals surface area contributed by atoms with Crippen LogP contribution < -0.4 is 4.90 Å². The van der Waals surface area contributed by atoms with Gasteiger partial charge in [0.05, 0.1) is 25.6 Å². The summed E-state index contributed by atoms with van der Waals surface area (Å²) in [6.07, 6.45) is 2.76. The maximum atomic E-state index is 12.2. The number of sulfonamides is 1. The maximum absolute atomic E-state index is 12.2. The quantitative estimate of drug-likeness (QED) is 0.675. The molecule has 0 saturated carbocycles. The van der Waals surface area contributed by atoms with Crippen LogP contribution in [0.2, 0.25) is 0 Å². The summed E-state index contributed by atoms with van der Waals surface area (Å²) in [7, 11) is -3.30. The number of anilines is 1. The number of aromatic nitrogens is 1. The Kier molecular flexibility index (Phi) is 6.76. The van der Waals surface area contributed by atoms with Crippen molar-refractivity contribution in [2.24, 2.45) is 0 Å². The lowest BCUT2D eigenvalue weighted by Crippen LogP contribution is -2.49. The first kappa shape index (κ1) is 18.1. The summed E-state index contributed by atoms with van der Waals surface area (Å²) < 4.78 is 31.0. The van der Waals surface area contributed by atoms with Gasteiger partial charge in [-0.05, 0) is 24.1 Å². The Balaban J connectivity index is 1.87. The van der Waals surface area contributed by atoms with E-state index >= 15 is 0 Å². The normalized spacial score (nSPS) is 16.7. The highest BCUT2D eigenvalue weighted by Gasteiger charge is 2.27. The van der Waals surface area contributed by atoms with E-state index in [0.29, 0.717) is 26.2 Å². The first-order valence-corrected chi connectivity index (χ1v) is 9.54. The van der Waals surface area contributed by atoms with Gasteiger partial charge in [-0.1, -0.05) is 6.92 Å².